The van der Waals surface area contributed by atoms with Gasteiger partial charge in [-0.3, -0.25) is 4.79 Å². The topological polar surface area (TPSA) is 46.5 Å². The third-order valence-electron chi connectivity index (χ3n) is 1.80. The summed E-state index contributed by atoms with van der Waals surface area (Å²) in [6.07, 6.45) is -0.937. The van der Waals surface area contributed by atoms with Gasteiger partial charge in [0.15, 0.2) is 5.78 Å². The molecule has 10 heavy (non-hydrogen) atoms. The molecule has 1 N–H and O–H groups in total. The molecule has 1 rings (SSSR count). The van der Waals surface area contributed by atoms with Crippen LogP contribution in [-0.4, -0.2) is 29.2 Å². The van der Waals surface area contributed by atoms with E-state index in [1.165, 1.54) is 0 Å². The highest BCUT2D eigenvalue weighted by atomic mass is 16.5. The smallest absolute Gasteiger partial charge is 0.192 e. The van der Waals surface area contributed by atoms with E-state index in [0.717, 1.165) is 0 Å². The molecule has 58 valence electrons. The molecule has 1 aliphatic heterocycles. The second-order valence-corrected chi connectivity index (χ2v) is 2.59. The molecular formula is C7H12O3. The maximum Gasteiger partial charge on any atom is 0.192 e. The highest BCUT2D eigenvalue weighted by molar-refractivity contribution is 5.89. The number of ketones is 1. The Hall–Kier alpha value is -0.410. The van der Waals surface area contributed by atoms with Crippen LogP contribution in [0.25, 0.3) is 0 Å². The minimum Gasteiger partial charge on any atom is -0.382 e. The summed E-state index contributed by atoms with van der Waals surface area (Å²) >= 11 is 0. The van der Waals surface area contributed by atoms with Crippen molar-refractivity contribution in [3.8, 4) is 0 Å². The number of aliphatic hydroxyl groups excluding tert-OH is 1. The van der Waals surface area contributed by atoms with Gasteiger partial charge in [0.25, 0.3) is 0 Å². The van der Waals surface area contributed by atoms with E-state index < -0.39 is 6.10 Å². The molecule has 1 saturated heterocycles. The number of carbonyl (C=O) groups excluding carboxylic acids is 1. The zero-order chi connectivity index (χ0) is 7.72. The highest BCUT2D eigenvalue weighted by Gasteiger charge is 2.38. The molecule has 1 fully saturated rings. The number of hydrogen-bond acceptors (Lipinski definition) is 3. The van der Waals surface area contributed by atoms with Crippen molar-refractivity contribution in [2.75, 3.05) is 0 Å². The lowest BCUT2D eigenvalue weighted by atomic mass is 10.1. The molecule has 1 heterocycles. The Balaban J connectivity index is 2.62. The molecule has 1 aliphatic rings. The molecule has 0 aromatic heterocycles. The van der Waals surface area contributed by atoms with Gasteiger partial charge in [0.1, 0.15) is 12.2 Å². The Morgan fingerprint density at radius 2 is 2.30 bits per heavy atom. The second-order valence-electron chi connectivity index (χ2n) is 2.59. The monoisotopic (exact) mass is 144 g/mol. The van der Waals surface area contributed by atoms with E-state index in [1.54, 1.807) is 6.92 Å². The first-order chi connectivity index (χ1) is 4.66. The number of hydrogen-bond donors (Lipinski definition) is 1. The predicted molar refractivity (Wildman–Crippen MR) is 35.6 cm³/mol. The minimum atomic E-state index is -0.898. The molecule has 0 amide bonds. The Morgan fingerprint density at radius 1 is 1.70 bits per heavy atom. The maximum atomic E-state index is 11.0. The summed E-state index contributed by atoms with van der Waals surface area (Å²) in [7, 11) is 0. The van der Waals surface area contributed by atoms with Crippen LogP contribution in [-0.2, 0) is 9.53 Å². The van der Waals surface area contributed by atoms with Crippen molar-refractivity contribution in [1.82, 2.24) is 0 Å². The van der Waals surface area contributed by atoms with Gasteiger partial charge in [0, 0.05) is 0 Å². The van der Waals surface area contributed by atoms with Gasteiger partial charge in [0.2, 0.25) is 0 Å². The van der Waals surface area contributed by atoms with Crippen LogP contribution in [0.4, 0.5) is 0 Å². The largest absolute Gasteiger partial charge is 0.382 e. The molecule has 0 spiro atoms. The van der Waals surface area contributed by atoms with Crippen molar-refractivity contribution < 1.29 is 14.6 Å². The van der Waals surface area contributed by atoms with E-state index >= 15 is 0 Å². The molecular weight excluding hydrogens is 132 g/mol. The van der Waals surface area contributed by atoms with Crippen molar-refractivity contribution in [3.05, 3.63) is 0 Å². The number of carbonyl (C=O) groups is 1. The van der Waals surface area contributed by atoms with Crippen molar-refractivity contribution in [2.45, 2.75) is 38.6 Å². The number of Topliss-reactive ketones (excluding diaryl/α,β-unsaturated/α-hetero) is 1. The van der Waals surface area contributed by atoms with Crippen LogP contribution >= 0.6 is 0 Å². The zero-order valence-electron chi connectivity index (χ0n) is 6.20. The number of rotatable bonds is 1. The molecule has 0 bridgehead atoms. The Morgan fingerprint density at radius 3 is 2.50 bits per heavy atom. The second kappa shape index (κ2) is 2.68. The van der Waals surface area contributed by atoms with Crippen LogP contribution in [0.3, 0.4) is 0 Å². The molecule has 0 saturated carbocycles. The lowest BCUT2D eigenvalue weighted by Crippen LogP contribution is -2.25. The molecule has 0 aromatic carbocycles. The van der Waals surface area contributed by atoms with Crippen molar-refractivity contribution in [1.29, 1.82) is 0 Å². The standard InChI is InChI=1S/C7H12O3/c1-3-5-7(9)6(8)4(2)10-5/h4-6,8H,3H2,1-2H3. The zero-order valence-corrected chi connectivity index (χ0v) is 6.20. The van der Waals surface area contributed by atoms with E-state index in [4.69, 9.17) is 9.84 Å². The van der Waals surface area contributed by atoms with E-state index in [2.05, 4.69) is 0 Å². The summed E-state index contributed by atoms with van der Waals surface area (Å²) in [5.41, 5.74) is 0. The van der Waals surface area contributed by atoms with Crippen LogP contribution in [0.15, 0.2) is 0 Å². The van der Waals surface area contributed by atoms with Gasteiger partial charge < -0.3 is 9.84 Å². The Labute approximate surface area is 60.0 Å². The van der Waals surface area contributed by atoms with Crippen LogP contribution in [0, 0.1) is 0 Å². The van der Waals surface area contributed by atoms with Gasteiger partial charge >= 0.3 is 0 Å². The first-order valence-electron chi connectivity index (χ1n) is 3.54. The summed E-state index contributed by atoms with van der Waals surface area (Å²) in [4.78, 5) is 11.0. The van der Waals surface area contributed by atoms with Gasteiger partial charge in [0.05, 0.1) is 6.10 Å². The molecule has 0 aromatic rings. The van der Waals surface area contributed by atoms with Crippen molar-refractivity contribution in [2.24, 2.45) is 0 Å². The fourth-order valence-corrected chi connectivity index (χ4v) is 1.12. The minimum absolute atomic E-state index is 0.171. The van der Waals surface area contributed by atoms with E-state index in [-0.39, 0.29) is 18.0 Å². The normalized spacial score (nSPS) is 40.7. The lowest BCUT2D eigenvalue weighted by Gasteiger charge is -2.04. The molecule has 3 nitrogen and oxygen atoms in total. The third kappa shape index (κ3) is 1.07. The molecule has 3 heteroatoms. The fourth-order valence-electron chi connectivity index (χ4n) is 1.12. The first-order valence-corrected chi connectivity index (χ1v) is 3.54. The van der Waals surface area contributed by atoms with Gasteiger partial charge in [-0.05, 0) is 13.3 Å². The average molecular weight is 144 g/mol. The van der Waals surface area contributed by atoms with Crippen molar-refractivity contribution >= 4 is 5.78 Å². The van der Waals surface area contributed by atoms with Crippen LogP contribution in [0.1, 0.15) is 20.3 Å². The summed E-state index contributed by atoms with van der Waals surface area (Å²) in [5.74, 6) is -0.171. The third-order valence-corrected chi connectivity index (χ3v) is 1.80. The lowest BCUT2D eigenvalue weighted by molar-refractivity contribution is -0.127. The Kier molecular flexibility index (Phi) is 2.06. The maximum absolute atomic E-state index is 11.0. The molecule has 0 radical (unpaired) electrons. The molecule has 3 unspecified atom stereocenters. The van der Waals surface area contributed by atoms with Gasteiger partial charge in [-0.15, -0.1) is 0 Å². The van der Waals surface area contributed by atoms with Crippen molar-refractivity contribution in [3.63, 3.8) is 0 Å². The van der Waals surface area contributed by atoms with Crippen LogP contribution in [0.5, 0.6) is 0 Å². The van der Waals surface area contributed by atoms with Crippen LogP contribution in [0.2, 0.25) is 0 Å². The fraction of sp³-hybridized carbons (Fsp3) is 0.857. The number of ether oxygens (including phenoxy) is 1. The predicted octanol–water partition coefficient (Wildman–Crippen LogP) is 0.114. The SMILES string of the molecule is CCC1OC(C)C(O)C1=O. The molecule has 0 aliphatic carbocycles. The number of aliphatic hydroxyl groups is 1. The molecule has 3 atom stereocenters. The van der Waals surface area contributed by atoms with E-state index in [9.17, 15) is 4.79 Å². The first kappa shape index (κ1) is 7.69. The summed E-state index contributed by atoms with van der Waals surface area (Å²) in [6, 6.07) is 0. The van der Waals surface area contributed by atoms with Gasteiger partial charge in [-0.25, -0.2) is 0 Å². The van der Waals surface area contributed by atoms with Gasteiger partial charge in [-0.1, -0.05) is 6.92 Å². The summed E-state index contributed by atoms with van der Waals surface area (Å²) in [5, 5.41) is 9.09. The van der Waals surface area contributed by atoms with E-state index in [1.807, 2.05) is 6.92 Å². The quantitative estimate of drug-likeness (QED) is 0.568. The summed E-state index contributed by atoms with van der Waals surface area (Å²) in [6.45, 7) is 3.57. The Bertz CT molecular complexity index is 144. The van der Waals surface area contributed by atoms with E-state index in [0.29, 0.717) is 6.42 Å². The highest BCUT2D eigenvalue weighted by Crippen LogP contribution is 2.18. The summed E-state index contributed by atoms with van der Waals surface area (Å²) < 4.78 is 5.14. The van der Waals surface area contributed by atoms with Gasteiger partial charge in [-0.2, -0.15) is 0 Å². The van der Waals surface area contributed by atoms with Crippen LogP contribution < -0.4 is 0 Å². The average Bonchev–Trinajstić information content (AvgIpc) is 2.17.